The van der Waals surface area contributed by atoms with E-state index in [4.69, 9.17) is 4.74 Å². The minimum Gasteiger partial charge on any atom is -0.496 e. The van der Waals surface area contributed by atoms with Crippen LogP contribution in [-0.2, 0) is 19.3 Å². The van der Waals surface area contributed by atoms with Crippen molar-refractivity contribution in [2.45, 2.75) is 58.8 Å². The number of nitrogens with one attached hydrogen (secondary N) is 1. The summed E-state index contributed by atoms with van der Waals surface area (Å²) in [4.78, 5) is 0. The van der Waals surface area contributed by atoms with E-state index >= 15 is 0 Å². The van der Waals surface area contributed by atoms with Crippen molar-refractivity contribution >= 4 is 0 Å². The molecule has 0 unspecified atom stereocenters. The van der Waals surface area contributed by atoms with Crippen LogP contribution in [0.5, 0.6) is 5.75 Å². The summed E-state index contributed by atoms with van der Waals surface area (Å²) in [5.41, 5.74) is 7.68. The third kappa shape index (κ3) is 2.83. The molecule has 21 heavy (non-hydrogen) atoms. The van der Waals surface area contributed by atoms with Gasteiger partial charge in [-0.3, -0.25) is 0 Å². The van der Waals surface area contributed by atoms with Gasteiger partial charge < -0.3 is 10.1 Å². The van der Waals surface area contributed by atoms with Gasteiger partial charge in [0.2, 0.25) is 0 Å². The van der Waals surface area contributed by atoms with Gasteiger partial charge in [0.1, 0.15) is 5.75 Å². The van der Waals surface area contributed by atoms with E-state index in [1.807, 2.05) is 7.11 Å². The standard InChI is InChI=1S/C19H29NO/c1-13-16-6-4-5-7-17(16)14(2)19(21-3)18(13)12-15-8-10-20-11-9-15/h15,20H,4-12H2,1-3H3. The summed E-state index contributed by atoms with van der Waals surface area (Å²) in [5, 5.41) is 3.47. The van der Waals surface area contributed by atoms with Crippen LogP contribution < -0.4 is 10.1 Å². The van der Waals surface area contributed by atoms with Crippen LogP contribution >= 0.6 is 0 Å². The van der Waals surface area contributed by atoms with Crippen molar-refractivity contribution in [1.82, 2.24) is 5.32 Å². The molecule has 1 saturated heterocycles. The Labute approximate surface area is 129 Å². The molecule has 3 rings (SSSR count). The van der Waals surface area contributed by atoms with Crippen LogP contribution in [0.4, 0.5) is 0 Å². The number of rotatable bonds is 3. The van der Waals surface area contributed by atoms with Crippen LogP contribution in [0.15, 0.2) is 0 Å². The number of hydrogen-bond donors (Lipinski definition) is 1. The summed E-state index contributed by atoms with van der Waals surface area (Å²) >= 11 is 0. The van der Waals surface area contributed by atoms with Gasteiger partial charge in [0, 0.05) is 0 Å². The van der Waals surface area contributed by atoms with Gasteiger partial charge in [-0.2, -0.15) is 0 Å². The quantitative estimate of drug-likeness (QED) is 0.914. The van der Waals surface area contributed by atoms with E-state index in [0.717, 1.165) is 5.92 Å². The lowest BCUT2D eigenvalue weighted by atomic mass is 9.80. The number of benzene rings is 1. The predicted molar refractivity (Wildman–Crippen MR) is 88.4 cm³/mol. The number of methoxy groups -OCH3 is 1. The molecule has 0 amide bonds. The summed E-state index contributed by atoms with van der Waals surface area (Å²) in [6.45, 7) is 6.96. The highest BCUT2D eigenvalue weighted by Crippen LogP contribution is 2.39. The molecule has 0 bridgehead atoms. The molecule has 1 fully saturated rings. The number of fused-ring (bicyclic) bond motifs is 1. The van der Waals surface area contributed by atoms with Crippen molar-refractivity contribution < 1.29 is 4.74 Å². The highest BCUT2D eigenvalue weighted by atomic mass is 16.5. The lowest BCUT2D eigenvalue weighted by molar-refractivity contribution is 0.359. The molecule has 1 aromatic carbocycles. The van der Waals surface area contributed by atoms with Gasteiger partial charge in [0.05, 0.1) is 7.11 Å². The van der Waals surface area contributed by atoms with Crippen LogP contribution in [0.1, 0.15) is 53.5 Å². The second kappa shape index (κ2) is 6.39. The molecule has 116 valence electrons. The molecule has 1 aromatic rings. The maximum absolute atomic E-state index is 5.85. The van der Waals surface area contributed by atoms with Crippen molar-refractivity contribution in [2.75, 3.05) is 20.2 Å². The van der Waals surface area contributed by atoms with Gasteiger partial charge >= 0.3 is 0 Å². The van der Waals surface area contributed by atoms with Crippen LogP contribution in [0.25, 0.3) is 0 Å². The van der Waals surface area contributed by atoms with E-state index in [2.05, 4.69) is 19.2 Å². The Morgan fingerprint density at radius 3 is 2.24 bits per heavy atom. The fourth-order valence-electron chi connectivity index (χ4n) is 4.35. The molecule has 2 heteroatoms. The third-order valence-electron chi connectivity index (χ3n) is 5.60. The Kier molecular flexibility index (Phi) is 4.54. The molecule has 0 aromatic heterocycles. The van der Waals surface area contributed by atoms with Crippen LogP contribution in [0, 0.1) is 19.8 Å². The van der Waals surface area contributed by atoms with Gasteiger partial charge in [-0.25, -0.2) is 0 Å². The number of piperidine rings is 1. The van der Waals surface area contributed by atoms with Crippen molar-refractivity contribution in [1.29, 1.82) is 0 Å². The third-order valence-corrected chi connectivity index (χ3v) is 5.60. The van der Waals surface area contributed by atoms with Crippen molar-refractivity contribution in [3.63, 3.8) is 0 Å². The molecule has 0 atom stereocenters. The Balaban J connectivity index is 1.99. The van der Waals surface area contributed by atoms with E-state index in [9.17, 15) is 0 Å². The predicted octanol–water partition coefficient (Wildman–Crippen LogP) is 3.73. The molecule has 0 radical (unpaired) electrons. The summed E-state index contributed by atoms with van der Waals surface area (Å²) < 4.78 is 5.85. The Morgan fingerprint density at radius 2 is 1.62 bits per heavy atom. The second-order valence-electron chi connectivity index (χ2n) is 6.82. The van der Waals surface area contributed by atoms with E-state index in [1.165, 1.54) is 80.5 Å². The van der Waals surface area contributed by atoms with Crippen molar-refractivity contribution in [3.8, 4) is 5.75 Å². The van der Waals surface area contributed by atoms with E-state index in [0.29, 0.717) is 0 Å². The molecule has 0 saturated carbocycles. The zero-order valence-electron chi connectivity index (χ0n) is 13.8. The van der Waals surface area contributed by atoms with Gasteiger partial charge in [-0.05, 0) is 106 Å². The molecule has 1 heterocycles. The minimum atomic E-state index is 0.819. The summed E-state index contributed by atoms with van der Waals surface area (Å²) in [6.07, 6.45) is 9.01. The number of ether oxygens (including phenoxy) is 1. The first-order valence-corrected chi connectivity index (χ1v) is 8.60. The van der Waals surface area contributed by atoms with Crippen molar-refractivity contribution in [3.05, 3.63) is 27.8 Å². The fraction of sp³-hybridized carbons (Fsp3) is 0.684. The molecule has 1 N–H and O–H groups in total. The molecule has 0 spiro atoms. The molecular formula is C19H29NO. The smallest absolute Gasteiger partial charge is 0.125 e. The molecule has 1 aliphatic carbocycles. The van der Waals surface area contributed by atoms with Gasteiger partial charge in [0.15, 0.2) is 0 Å². The SMILES string of the molecule is COc1c(C)c2c(c(C)c1CC1CCNCC1)CCCC2. The summed E-state index contributed by atoms with van der Waals surface area (Å²) in [6, 6.07) is 0. The molecule has 1 aliphatic heterocycles. The first-order chi connectivity index (χ1) is 10.2. The second-order valence-corrected chi connectivity index (χ2v) is 6.82. The van der Waals surface area contributed by atoms with Gasteiger partial charge in [-0.15, -0.1) is 0 Å². The summed E-state index contributed by atoms with van der Waals surface area (Å²) in [5.74, 6) is 2.01. The average Bonchev–Trinajstić information content (AvgIpc) is 2.54. The Morgan fingerprint density at radius 1 is 1.00 bits per heavy atom. The van der Waals surface area contributed by atoms with Crippen LogP contribution in [-0.4, -0.2) is 20.2 Å². The lowest BCUT2D eigenvalue weighted by Crippen LogP contribution is -2.29. The van der Waals surface area contributed by atoms with Crippen molar-refractivity contribution in [2.24, 2.45) is 5.92 Å². The maximum Gasteiger partial charge on any atom is 0.125 e. The molecule has 2 nitrogen and oxygen atoms in total. The zero-order valence-corrected chi connectivity index (χ0v) is 13.8. The normalized spacial score (nSPS) is 19.4. The first kappa shape index (κ1) is 14.9. The van der Waals surface area contributed by atoms with Crippen LogP contribution in [0.2, 0.25) is 0 Å². The molecule has 2 aliphatic rings. The maximum atomic E-state index is 5.85. The fourth-order valence-corrected chi connectivity index (χ4v) is 4.35. The van der Waals surface area contributed by atoms with Gasteiger partial charge in [0.25, 0.3) is 0 Å². The zero-order chi connectivity index (χ0) is 14.8. The minimum absolute atomic E-state index is 0.819. The van der Waals surface area contributed by atoms with E-state index in [-0.39, 0.29) is 0 Å². The highest BCUT2D eigenvalue weighted by molar-refractivity contribution is 5.56. The average molecular weight is 287 g/mol. The highest BCUT2D eigenvalue weighted by Gasteiger charge is 2.24. The monoisotopic (exact) mass is 287 g/mol. The topological polar surface area (TPSA) is 21.3 Å². The van der Waals surface area contributed by atoms with E-state index < -0.39 is 0 Å². The lowest BCUT2D eigenvalue weighted by Gasteiger charge is -2.29. The first-order valence-electron chi connectivity index (χ1n) is 8.60. The largest absolute Gasteiger partial charge is 0.496 e. The molecular weight excluding hydrogens is 258 g/mol. The summed E-state index contributed by atoms with van der Waals surface area (Å²) in [7, 11) is 1.85. The number of hydrogen-bond acceptors (Lipinski definition) is 2. The van der Waals surface area contributed by atoms with Crippen LogP contribution in [0.3, 0.4) is 0 Å². The Hall–Kier alpha value is -1.02. The van der Waals surface area contributed by atoms with E-state index in [1.54, 1.807) is 11.1 Å². The Bertz CT molecular complexity index is 515. The van der Waals surface area contributed by atoms with Gasteiger partial charge in [-0.1, -0.05) is 0 Å².